The van der Waals surface area contributed by atoms with Crippen molar-refractivity contribution in [1.82, 2.24) is 0 Å². The molecule has 0 radical (unpaired) electrons. The van der Waals surface area contributed by atoms with Crippen LogP contribution in [0.3, 0.4) is 0 Å². The van der Waals surface area contributed by atoms with Crippen molar-refractivity contribution in [1.29, 1.82) is 0 Å². The quantitative estimate of drug-likeness (QED) is 0.364. The molecule has 124 valence electrons. The van der Waals surface area contributed by atoms with Crippen LogP contribution in [0.25, 0.3) is 32.3 Å². The van der Waals surface area contributed by atoms with Crippen LogP contribution in [-0.4, -0.2) is 11.1 Å². The number of benzene rings is 4. The first-order valence-corrected chi connectivity index (χ1v) is 8.25. The van der Waals surface area contributed by atoms with Crippen molar-refractivity contribution in [3.63, 3.8) is 0 Å². The summed E-state index contributed by atoms with van der Waals surface area (Å²) in [6.45, 7) is 4.99. The van der Waals surface area contributed by atoms with Crippen LogP contribution in [0.4, 0.5) is 0 Å². The van der Waals surface area contributed by atoms with Gasteiger partial charge in [-0.05, 0) is 44.3 Å². The largest absolute Gasteiger partial charge is 0.481 e. The first-order valence-electron chi connectivity index (χ1n) is 8.25. The minimum atomic E-state index is -0.833. The number of hydrogen-bond acceptors (Lipinski definition) is 1. The van der Waals surface area contributed by atoms with Gasteiger partial charge in [-0.3, -0.25) is 4.79 Å². The molecule has 4 rings (SSSR count). The molecule has 2 heteroatoms. The Morgan fingerprint density at radius 3 is 1.72 bits per heavy atom. The van der Waals surface area contributed by atoms with Crippen LogP contribution in [0.2, 0.25) is 0 Å². The van der Waals surface area contributed by atoms with Crippen molar-refractivity contribution in [2.75, 3.05) is 0 Å². The number of rotatable bonds is 2. The third-order valence-corrected chi connectivity index (χ3v) is 4.22. The fourth-order valence-electron chi connectivity index (χ4n) is 3.36. The third-order valence-electron chi connectivity index (χ3n) is 4.22. The minimum absolute atomic E-state index is 0.833. The summed E-state index contributed by atoms with van der Waals surface area (Å²) in [6, 6.07) is 24.0. The van der Waals surface area contributed by atoms with Crippen LogP contribution in [0.1, 0.15) is 12.5 Å². The summed E-state index contributed by atoms with van der Waals surface area (Å²) in [7, 11) is 0. The Morgan fingerprint density at radius 2 is 1.24 bits per heavy atom. The molecule has 0 heterocycles. The number of carboxylic acid groups (broad SMARTS) is 1. The van der Waals surface area contributed by atoms with Crippen molar-refractivity contribution < 1.29 is 9.90 Å². The van der Waals surface area contributed by atoms with Crippen LogP contribution in [-0.2, 0) is 11.2 Å². The van der Waals surface area contributed by atoms with Crippen LogP contribution in [0.15, 0.2) is 79.4 Å². The summed E-state index contributed by atoms with van der Waals surface area (Å²) >= 11 is 0. The van der Waals surface area contributed by atoms with E-state index in [2.05, 4.69) is 73.3 Å². The van der Waals surface area contributed by atoms with Crippen molar-refractivity contribution in [3.05, 3.63) is 84.9 Å². The van der Waals surface area contributed by atoms with Crippen molar-refractivity contribution in [3.8, 4) is 0 Å². The fourth-order valence-corrected chi connectivity index (χ4v) is 3.36. The summed E-state index contributed by atoms with van der Waals surface area (Å²) < 4.78 is 0. The number of carboxylic acids is 1. The second kappa shape index (κ2) is 7.18. The van der Waals surface area contributed by atoms with E-state index in [0.29, 0.717) is 0 Å². The summed E-state index contributed by atoms with van der Waals surface area (Å²) in [6.07, 6.45) is 2.89. The fraction of sp³-hybridized carbons (Fsp3) is 0.0870. The van der Waals surface area contributed by atoms with Crippen LogP contribution in [0.5, 0.6) is 0 Å². The van der Waals surface area contributed by atoms with Crippen LogP contribution in [0, 0.1) is 0 Å². The molecule has 4 aromatic carbocycles. The third kappa shape index (κ3) is 3.24. The number of allylic oxidation sites excluding steroid dienone is 1. The summed E-state index contributed by atoms with van der Waals surface area (Å²) in [5, 5.41) is 15.4. The number of aliphatic carboxylic acids is 1. The van der Waals surface area contributed by atoms with Gasteiger partial charge in [-0.25, -0.2) is 0 Å². The van der Waals surface area contributed by atoms with Crippen molar-refractivity contribution in [2.24, 2.45) is 0 Å². The maximum atomic E-state index is 9.00. The van der Waals surface area contributed by atoms with Gasteiger partial charge in [0.1, 0.15) is 0 Å². The van der Waals surface area contributed by atoms with E-state index in [1.54, 1.807) is 0 Å². The molecular formula is C23H20O2. The molecule has 0 atom stereocenters. The minimum Gasteiger partial charge on any atom is -0.481 e. The van der Waals surface area contributed by atoms with Gasteiger partial charge in [-0.2, -0.15) is 0 Å². The zero-order valence-electron chi connectivity index (χ0n) is 14.2. The smallest absolute Gasteiger partial charge is 0.300 e. The second-order valence-corrected chi connectivity index (χ2v) is 5.94. The Morgan fingerprint density at radius 1 is 0.840 bits per heavy atom. The number of fused-ring (bicyclic) bond motifs is 6. The molecule has 25 heavy (non-hydrogen) atoms. The molecule has 0 aliphatic rings. The maximum absolute atomic E-state index is 9.00. The van der Waals surface area contributed by atoms with E-state index in [9.17, 15) is 0 Å². The molecule has 1 N–H and O–H groups in total. The molecule has 0 unspecified atom stereocenters. The molecule has 0 saturated carbocycles. The topological polar surface area (TPSA) is 37.3 Å². The maximum Gasteiger partial charge on any atom is 0.300 e. The predicted molar refractivity (Wildman–Crippen MR) is 106 cm³/mol. The molecule has 0 amide bonds. The molecule has 0 spiro atoms. The monoisotopic (exact) mass is 328 g/mol. The lowest BCUT2D eigenvalue weighted by Gasteiger charge is -2.13. The molecule has 4 aromatic rings. The van der Waals surface area contributed by atoms with Crippen molar-refractivity contribution in [2.45, 2.75) is 13.3 Å². The summed E-state index contributed by atoms with van der Waals surface area (Å²) in [5.74, 6) is -0.833. The predicted octanol–water partition coefficient (Wildman–Crippen LogP) is 5.97. The standard InChI is InChI=1S/C21H16.C2H4O2/c1-2-8-15-9-7-14-20-18-11-4-3-10-16(18)17-12-5-6-13-19(17)21(15)20;1-2(3)4/h2-7,9-14H,1,8H2;1H3,(H,3,4). The number of hydrogen-bond donors (Lipinski definition) is 1. The van der Waals surface area contributed by atoms with Gasteiger partial charge in [-0.15, -0.1) is 6.58 Å². The zero-order valence-corrected chi connectivity index (χ0v) is 14.2. The molecule has 2 nitrogen and oxygen atoms in total. The van der Waals surface area contributed by atoms with Crippen molar-refractivity contribution >= 4 is 38.3 Å². The first kappa shape index (κ1) is 16.7. The molecule has 0 saturated heterocycles. The highest BCUT2D eigenvalue weighted by atomic mass is 16.4. The Bertz CT molecular complexity index is 1030. The average molecular weight is 328 g/mol. The molecule has 0 fully saturated rings. The van der Waals surface area contributed by atoms with E-state index in [-0.39, 0.29) is 0 Å². The van der Waals surface area contributed by atoms with E-state index in [0.717, 1.165) is 13.3 Å². The Hall–Kier alpha value is -3.13. The lowest BCUT2D eigenvalue weighted by Crippen LogP contribution is -1.88. The van der Waals surface area contributed by atoms with Gasteiger partial charge in [0.05, 0.1) is 0 Å². The second-order valence-electron chi connectivity index (χ2n) is 5.94. The SMILES string of the molecule is C=CCc1cccc2c3ccccc3c3ccccc3c12.CC(=O)O. The van der Waals surface area contributed by atoms with E-state index < -0.39 is 5.97 Å². The normalized spacial score (nSPS) is 10.4. The first-order chi connectivity index (χ1) is 12.1. The Balaban J connectivity index is 0.000000415. The van der Waals surface area contributed by atoms with Gasteiger partial charge in [0.15, 0.2) is 0 Å². The lowest BCUT2D eigenvalue weighted by molar-refractivity contribution is -0.134. The highest BCUT2D eigenvalue weighted by Gasteiger charge is 2.10. The number of carbonyl (C=O) groups is 1. The average Bonchev–Trinajstić information content (AvgIpc) is 2.62. The van der Waals surface area contributed by atoms with Gasteiger partial charge < -0.3 is 5.11 Å². The highest BCUT2D eigenvalue weighted by molar-refractivity contribution is 6.26. The molecule has 0 aliphatic carbocycles. The van der Waals surface area contributed by atoms with E-state index in [1.807, 2.05) is 6.08 Å². The lowest BCUT2D eigenvalue weighted by atomic mass is 9.91. The Kier molecular flexibility index (Phi) is 4.80. The van der Waals surface area contributed by atoms with E-state index >= 15 is 0 Å². The van der Waals surface area contributed by atoms with Crippen LogP contribution < -0.4 is 0 Å². The molecular weight excluding hydrogens is 308 g/mol. The molecule has 0 aliphatic heterocycles. The van der Waals surface area contributed by atoms with Gasteiger partial charge in [-0.1, -0.05) is 72.8 Å². The van der Waals surface area contributed by atoms with Crippen LogP contribution >= 0.6 is 0 Å². The van der Waals surface area contributed by atoms with E-state index in [4.69, 9.17) is 9.90 Å². The molecule has 0 bridgehead atoms. The van der Waals surface area contributed by atoms with Gasteiger partial charge in [0.25, 0.3) is 5.97 Å². The summed E-state index contributed by atoms with van der Waals surface area (Å²) in [4.78, 5) is 9.00. The zero-order chi connectivity index (χ0) is 17.8. The molecule has 0 aromatic heterocycles. The van der Waals surface area contributed by atoms with E-state index in [1.165, 1.54) is 37.9 Å². The van der Waals surface area contributed by atoms with Gasteiger partial charge >= 0.3 is 0 Å². The summed E-state index contributed by atoms with van der Waals surface area (Å²) in [5.41, 5.74) is 1.35. The highest BCUT2D eigenvalue weighted by Crippen LogP contribution is 2.36. The van der Waals surface area contributed by atoms with Gasteiger partial charge in [0, 0.05) is 6.92 Å². The Labute approximate surface area is 147 Å². The van der Waals surface area contributed by atoms with Gasteiger partial charge in [0.2, 0.25) is 0 Å².